The number of anilines is 1. The van der Waals surface area contributed by atoms with Crippen LogP contribution >= 0.6 is 11.3 Å². The second kappa shape index (κ2) is 5.84. The van der Waals surface area contributed by atoms with Gasteiger partial charge in [0.1, 0.15) is 12.1 Å². The van der Waals surface area contributed by atoms with Crippen molar-refractivity contribution >= 4 is 34.3 Å². The molecule has 2 atom stereocenters. The lowest BCUT2D eigenvalue weighted by atomic mass is 9.64. The molecule has 2 N–H and O–H groups in total. The third kappa shape index (κ3) is 3.15. The van der Waals surface area contributed by atoms with Gasteiger partial charge in [0, 0.05) is 11.6 Å². The van der Waals surface area contributed by atoms with Crippen LogP contribution in [0.1, 0.15) is 40.0 Å². The van der Waals surface area contributed by atoms with E-state index in [0.717, 1.165) is 11.3 Å². The van der Waals surface area contributed by atoms with E-state index in [0.29, 0.717) is 23.9 Å². The van der Waals surface area contributed by atoms with Crippen LogP contribution in [0.2, 0.25) is 0 Å². The molecule has 2 fully saturated rings. The topological polar surface area (TPSA) is 91.4 Å². The molecule has 1 saturated carbocycles. The Morgan fingerprint density at radius 1 is 1.46 bits per heavy atom. The minimum atomic E-state index is -0.875. The van der Waals surface area contributed by atoms with Gasteiger partial charge in [-0.3, -0.25) is 14.5 Å². The third-order valence-electron chi connectivity index (χ3n) is 4.60. The summed E-state index contributed by atoms with van der Waals surface area (Å²) in [7, 11) is 0. The zero-order chi connectivity index (χ0) is 17.5. The first kappa shape index (κ1) is 16.9. The second-order valence-corrected chi connectivity index (χ2v) is 8.54. The summed E-state index contributed by atoms with van der Waals surface area (Å²) in [5.74, 6) is -0.378. The lowest BCUT2D eigenvalue weighted by Crippen LogP contribution is -2.54. The highest BCUT2D eigenvalue weighted by Crippen LogP contribution is 2.46. The van der Waals surface area contributed by atoms with Gasteiger partial charge in [0.05, 0.1) is 0 Å². The van der Waals surface area contributed by atoms with Crippen LogP contribution in [0, 0.1) is 11.3 Å². The largest absolute Gasteiger partial charge is 0.325 e. The fourth-order valence-electron chi connectivity index (χ4n) is 4.24. The molecule has 1 aromatic rings. The van der Waals surface area contributed by atoms with Gasteiger partial charge in [-0.05, 0) is 30.6 Å². The second-order valence-electron chi connectivity index (χ2n) is 7.64. The Balaban J connectivity index is 1.73. The molecule has 0 unspecified atom stereocenters. The summed E-state index contributed by atoms with van der Waals surface area (Å²) in [4.78, 5) is 42.3. The predicted molar refractivity (Wildman–Crippen MR) is 90.5 cm³/mol. The zero-order valence-electron chi connectivity index (χ0n) is 14.1. The van der Waals surface area contributed by atoms with E-state index in [9.17, 15) is 14.4 Å². The van der Waals surface area contributed by atoms with E-state index in [1.54, 1.807) is 11.6 Å². The van der Waals surface area contributed by atoms with Crippen LogP contribution in [-0.2, 0) is 9.59 Å². The summed E-state index contributed by atoms with van der Waals surface area (Å²) in [5.41, 5.74) is -0.903. The molecule has 2 heterocycles. The van der Waals surface area contributed by atoms with Crippen molar-refractivity contribution in [2.45, 2.75) is 45.6 Å². The Kier molecular flexibility index (Phi) is 4.11. The lowest BCUT2D eigenvalue weighted by molar-refractivity contribution is -0.136. The number of imide groups is 1. The van der Waals surface area contributed by atoms with Gasteiger partial charge in [-0.25, -0.2) is 9.78 Å². The van der Waals surface area contributed by atoms with Crippen LogP contribution in [0.5, 0.6) is 0 Å². The van der Waals surface area contributed by atoms with Gasteiger partial charge in [-0.15, -0.1) is 11.3 Å². The molecule has 0 bridgehead atoms. The highest BCUT2D eigenvalue weighted by atomic mass is 32.1. The number of aromatic nitrogens is 1. The smallest absolute Gasteiger partial charge is 0.323 e. The van der Waals surface area contributed by atoms with E-state index in [1.165, 1.54) is 11.3 Å². The molecule has 4 amide bonds. The van der Waals surface area contributed by atoms with Gasteiger partial charge in [-0.1, -0.05) is 20.8 Å². The van der Waals surface area contributed by atoms with Gasteiger partial charge in [0.2, 0.25) is 5.91 Å². The molecule has 1 spiro atoms. The van der Waals surface area contributed by atoms with E-state index >= 15 is 0 Å². The molecule has 1 aliphatic carbocycles. The van der Waals surface area contributed by atoms with Crippen molar-refractivity contribution in [1.29, 1.82) is 0 Å². The van der Waals surface area contributed by atoms with Crippen LogP contribution in [-0.4, -0.2) is 39.8 Å². The maximum Gasteiger partial charge on any atom is 0.325 e. The Hall–Kier alpha value is -1.96. The standard InChI is InChI=1S/C16H22N4O3S/c1-10-6-15(2,3)9-16(7-10)12(22)20(14(23)19-16)8-11(21)18-13-17-4-5-24-13/h4-5,10H,6-9H2,1-3H3,(H,19,23)(H,17,18,21)/t10-,16-/m1/s1. The average molecular weight is 350 g/mol. The molecular weight excluding hydrogens is 328 g/mol. The van der Waals surface area contributed by atoms with E-state index in [2.05, 4.69) is 36.4 Å². The van der Waals surface area contributed by atoms with E-state index in [4.69, 9.17) is 0 Å². The molecular formula is C16H22N4O3S. The van der Waals surface area contributed by atoms with Crippen molar-refractivity contribution < 1.29 is 14.4 Å². The highest BCUT2D eigenvalue weighted by molar-refractivity contribution is 7.13. The fraction of sp³-hybridized carbons (Fsp3) is 0.625. The van der Waals surface area contributed by atoms with Crippen LogP contribution in [0.3, 0.4) is 0 Å². The molecule has 8 heteroatoms. The van der Waals surface area contributed by atoms with Gasteiger partial charge >= 0.3 is 6.03 Å². The Labute approximate surface area is 144 Å². The number of amides is 4. The summed E-state index contributed by atoms with van der Waals surface area (Å²) in [6.45, 7) is 6.03. The Bertz CT molecular complexity index is 673. The maximum atomic E-state index is 12.9. The quantitative estimate of drug-likeness (QED) is 0.818. The lowest BCUT2D eigenvalue weighted by Gasteiger charge is -2.43. The van der Waals surface area contributed by atoms with E-state index < -0.39 is 17.5 Å². The summed E-state index contributed by atoms with van der Waals surface area (Å²) < 4.78 is 0. The molecule has 3 rings (SSSR count). The first-order valence-electron chi connectivity index (χ1n) is 8.04. The minimum Gasteiger partial charge on any atom is -0.323 e. The number of thiazole rings is 1. The Morgan fingerprint density at radius 2 is 2.21 bits per heavy atom. The summed E-state index contributed by atoms with van der Waals surface area (Å²) in [5, 5.41) is 7.66. The molecule has 1 aliphatic heterocycles. The number of hydrogen-bond donors (Lipinski definition) is 2. The van der Waals surface area contributed by atoms with Crippen LogP contribution in [0.25, 0.3) is 0 Å². The number of rotatable bonds is 3. The van der Waals surface area contributed by atoms with Crippen molar-refractivity contribution in [2.24, 2.45) is 11.3 Å². The number of carbonyl (C=O) groups excluding carboxylic acids is 3. The zero-order valence-corrected chi connectivity index (χ0v) is 14.9. The molecule has 24 heavy (non-hydrogen) atoms. The molecule has 1 aromatic heterocycles. The number of nitrogens with zero attached hydrogens (tertiary/aromatic N) is 2. The van der Waals surface area contributed by atoms with Crippen molar-refractivity contribution in [2.75, 3.05) is 11.9 Å². The molecule has 7 nitrogen and oxygen atoms in total. The summed E-state index contributed by atoms with van der Waals surface area (Å²) >= 11 is 1.29. The fourth-order valence-corrected chi connectivity index (χ4v) is 4.78. The van der Waals surface area contributed by atoms with Crippen molar-refractivity contribution in [3.05, 3.63) is 11.6 Å². The first-order valence-corrected chi connectivity index (χ1v) is 8.92. The minimum absolute atomic E-state index is 0.0280. The number of nitrogens with one attached hydrogen (secondary N) is 2. The van der Waals surface area contributed by atoms with Crippen molar-refractivity contribution in [3.63, 3.8) is 0 Å². The highest BCUT2D eigenvalue weighted by Gasteiger charge is 2.56. The van der Waals surface area contributed by atoms with Crippen LogP contribution in [0.4, 0.5) is 9.93 Å². The molecule has 1 saturated heterocycles. The van der Waals surface area contributed by atoms with E-state index in [-0.39, 0.29) is 17.9 Å². The van der Waals surface area contributed by atoms with Gasteiger partial charge in [0.25, 0.3) is 5.91 Å². The van der Waals surface area contributed by atoms with Crippen LogP contribution < -0.4 is 10.6 Å². The number of urea groups is 1. The molecule has 0 aromatic carbocycles. The van der Waals surface area contributed by atoms with Gasteiger partial charge in [-0.2, -0.15) is 0 Å². The molecule has 0 radical (unpaired) electrons. The monoisotopic (exact) mass is 350 g/mol. The van der Waals surface area contributed by atoms with Crippen LogP contribution in [0.15, 0.2) is 11.6 Å². The van der Waals surface area contributed by atoms with Gasteiger partial charge < -0.3 is 10.6 Å². The van der Waals surface area contributed by atoms with E-state index in [1.807, 2.05) is 0 Å². The third-order valence-corrected chi connectivity index (χ3v) is 5.29. The van der Waals surface area contributed by atoms with Gasteiger partial charge in [0.15, 0.2) is 5.13 Å². The predicted octanol–water partition coefficient (Wildman–Crippen LogP) is 2.22. The molecule has 2 aliphatic rings. The summed E-state index contributed by atoms with van der Waals surface area (Å²) in [6.07, 6.45) is 3.81. The maximum absolute atomic E-state index is 12.9. The number of carbonyl (C=O) groups is 3. The van der Waals surface area contributed by atoms with Crippen molar-refractivity contribution in [3.8, 4) is 0 Å². The first-order chi connectivity index (χ1) is 11.2. The molecule has 130 valence electrons. The van der Waals surface area contributed by atoms with Crippen molar-refractivity contribution in [1.82, 2.24) is 15.2 Å². The Morgan fingerprint density at radius 3 is 2.83 bits per heavy atom. The normalized spacial score (nSPS) is 29.0. The average Bonchev–Trinajstić information content (AvgIpc) is 3.00. The summed E-state index contributed by atoms with van der Waals surface area (Å²) in [6, 6.07) is -0.487. The SMILES string of the molecule is C[C@@H]1CC(C)(C)C[C@@]2(C1)NC(=O)N(CC(=O)Nc1nccs1)C2=O. The number of hydrogen-bond acceptors (Lipinski definition) is 5.